The third kappa shape index (κ3) is 9.68. The molecule has 4 N–H and O–H groups in total. The minimum absolute atomic E-state index is 0.00603. The van der Waals surface area contributed by atoms with Crippen molar-refractivity contribution >= 4 is 23.6 Å². The molecule has 11 nitrogen and oxygen atoms in total. The van der Waals surface area contributed by atoms with Gasteiger partial charge >= 0.3 is 0 Å². The normalized spacial score (nSPS) is 12.6. The van der Waals surface area contributed by atoms with Crippen LogP contribution < -0.4 is 16.2 Å². The molecule has 0 unspecified atom stereocenters. The monoisotopic (exact) mass is 514 g/mol. The van der Waals surface area contributed by atoms with Crippen LogP contribution in [-0.4, -0.2) is 56.5 Å². The number of imidazole rings is 1. The van der Waals surface area contributed by atoms with Crippen LogP contribution >= 0.6 is 0 Å². The first-order valence-corrected chi connectivity index (χ1v) is 12.5. The van der Waals surface area contributed by atoms with Crippen LogP contribution in [0.3, 0.4) is 0 Å². The third-order valence-corrected chi connectivity index (χ3v) is 5.74. The predicted molar refractivity (Wildman–Crippen MR) is 137 cm³/mol. The number of carbonyl (C=O) groups excluding carboxylic acids is 4. The standard InChI is InChI=1S/C26H38N6O5/c1-18(2)14-22(21(26(36)30-37)10-11-28-24(34)20-8-6-5-7-9-20)25(35)29-32(15-19(3)4)23(33)16-31-13-12-27-17-31/h5-9,12-13,17-19,21-22,37H,10-11,14-16H2,1-4H3,(H,28,34)(H,29,35)(H,30,36)/t21-,22+/m0/s1. The van der Waals surface area contributed by atoms with Crippen LogP contribution in [0.15, 0.2) is 49.1 Å². The fourth-order valence-electron chi connectivity index (χ4n) is 4.01. The van der Waals surface area contributed by atoms with Crippen LogP contribution in [0, 0.1) is 23.7 Å². The molecule has 0 spiro atoms. The van der Waals surface area contributed by atoms with Crippen LogP contribution in [0.2, 0.25) is 0 Å². The van der Waals surface area contributed by atoms with E-state index in [-0.39, 0.29) is 49.7 Å². The van der Waals surface area contributed by atoms with E-state index >= 15 is 0 Å². The predicted octanol–water partition coefficient (Wildman–Crippen LogP) is 2.00. The quantitative estimate of drug-likeness (QED) is 0.238. The van der Waals surface area contributed by atoms with Crippen molar-refractivity contribution in [3.05, 3.63) is 54.6 Å². The Morgan fingerprint density at radius 2 is 1.70 bits per heavy atom. The van der Waals surface area contributed by atoms with E-state index in [1.165, 1.54) is 11.3 Å². The second-order valence-electron chi connectivity index (χ2n) is 9.84. The van der Waals surface area contributed by atoms with Gasteiger partial charge in [0.15, 0.2) is 0 Å². The van der Waals surface area contributed by atoms with Crippen LogP contribution in [0.1, 0.15) is 50.9 Å². The van der Waals surface area contributed by atoms with E-state index in [1.54, 1.807) is 52.8 Å². The van der Waals surface area contributed by atoms with Gasteiger partial charge in [0, 0.05) is 31.0 Å². The zero-order valence-corrected chi connectivity index (χ0v) is 21.9. The first-order chi connectivity index (χ1) is 17.6. The molecule has 202 valence electrons. The Morgan fingerprint density at radius 1 is 1.00 bits per heavy atom. The number of amides is 4. The van der Waals surface area contributed by atoms with Crippen molar-refractivity contribution in [2.75, 3.05) is 13.1 Å². The Balaban J connectivity index is 2.17. The highest BCUT2D eigenvalue weighted by atomic mass is 16.5. The Hall–Kier alpha value is -3.73. The maximum Gasteiger partial charge on any atom is 0.260 e. The van der Waals surface area contributed by atoms with Gasteiger partial charge < -0.3 is 9.88 Å². The number of rotatable bonds is 13. The van der Waals surface area contributed by atoms with E-state index in [2.05, 4.69) is 15.7 Å². The molecule has 37 heavy (non-hydrogen) atoms. The summed E-state index contributed by atoms with van der Waals surface area (Å²) in [6.07, 6.45) is 5.18. The molecule has 4 amide bonds. The number of hydrogen-bond donors (Lipinski definition) is 4. The van der Waals surface area contributed by atoms with Gasteiger partial charge in [-0.05, 0) is 36.8 Å². The van der Waals surface area contributed by atoms with Crippen molar-refractivity contribution in [1.29, 1.82) is 0 Å². The summed E-state index contributed by atoms with van der Waals surface area (Å²) in [7, 11) is 0. The maximum absolute atomic E-state index is 13.5. The summed E-state index contributed by atoms with van der Waals surface area (Å²) in [4.78, 5) is 55.4. The van der Waals surface area contributed by atoms with Gasteiger partial charge in [0.2, 0.25) is 11.8 Å². The van der Waals surface area contributed by atoms with Gasteiger partial charge in [-0.15, -0.1) is 0 Å². The van der Waals surface area contributed by atoms with Gasteiger partial charge in [-0.25, -0.2) is 10.5 Å². The molecule has 11 heteroatoms. The van der Waals surface area contributed by atoms with E-state index in [4.69, 9.17) is 0 Å². The van der Waals surface area contributed by atoms with Gasteiger partial charge in [0.25, 0.3) is 11.8 Å². The van der Waals surface area contributed by atoms with Crippen molar-refractivity contribution < 1.29 is 24.4 Å². The summed E-state index contributed by atoms with van der Waals surface area (Å²) in [5.74, 6) is -3.54. The molecule has 0 aliphatic carbocycles. The van der Waals surface area contributed by atoms with Gasteiger partial charge in [-0.3, -0.25) is 34.8 Å². The number of benzene rings is 1. The van der Waals surface area contributed by atoms with Crippen molar-refractivity contribution in [1.82, 2.24) is 30.8 Å². The first-order valence-electron chi connectivity index (χ1n) is 12.5. The van der Waals surface area contributed by atoms with Crippen molar-refractivity contribution in [3.63, 3.8) is 0 Å². The number of carbonyl (C=O) groups is 4. The summed E-state index contributed by atoms with van der Waals surface area (Å²) in [6, 6.07) is 8.64. The molecule has 0 saturated carbocycles. The number of hydrazine groups is 1. The number of hydroxylamine groups is 1. The molecule has 1 heterocycles. The van der Waals surface area contributed by atoms with E-state index in [0.29, 0.717) is 12.0 Å². The summed E-state index contributed by atoms with van der Waals surface area (Å²) in [5.41, 5.74) is 4.85. The Bertz CT molecular complexity index is 1010. The molecule has 2 atom stereocenters. The third-order valence-electron chi connectivity index (χ3n) is 5.74. The molecule has 1 aromatic carbocycles. The molecular formula is C26H38N6O5. The molecule has 2 aromatic rings. The summed E-state index contributed by atoms with van der Waals surface area (Å²) in [5, 5.41) is 13.4. The molecular weight excluding hydrogens is 476 g/mol. The molecule has 2 rings (SSSR count). The minimum Gasteiger partial charge on any atom is -0.352 e. The maximum atomic E-state index is 13.5. The van der Waals surface area contributed by atoms with Crippen LogP contribution in [0.5, 0.6) is 0 Å². The Kier molecular flexibility index (Phi) is 11.8. The molecule has 1 aromatic heterocycles. The first kappa shape index (κ1) is 29.5. The molecule has 0 fully saturated rings. The molecule has 0 saturated heterocycles. The Morgan fingerprint density at radius 3 is 2.27 bits per heavy atom. The second-order valence-corrected chi connectivity index (χ2v) is 9.84. The van der Waals surface area contributed by atoms with Crippen molar-refractivity contribution in [3.8, 4) is 0 Å². The van der Waals surface area contributed by atoms with Crippen molar-refractivity contribution in [2.45, 2.75) is 47.1 Å². The minimum atomic E-state index is -0.937. The average Bonchev–Trinajstić information content (AvgIpc) is 3.37. The largest absolute Gasteiger partial charge is 0.352 e. The SMILES string of the molecule is CC(C)C[C@@H](C(=O)NN(CC(C)C)C(=O)Cn1ccnc1)[C@H](CCNC(=O)c1ccccc1)C(=O)NO. The lowest BCUT2D eigenvalue weighted by Crippen LogP contribution is -2.53. The number of hydrogen-bond acceptors (Lipinski definition) is 6. The summed E-state index contributed by atoms with van der Waals surface area (Å²) < 4.78 is 1.60. The Labute approximate surface area is 217 Å². The van der Waals surface area contributed by atoms with Crippen LogP contribution in [0.4, 0.5) is 0 Å². The molecule has 0 aliphatic rings. The lowest BCUT2D eigenvalue weighted by molar-refractivity contribution is -0.148. The van der Waals surface area contributed by atoms with E-state index in [0.717, 1.165) is 0 Å². The lowest BCUT2D eigenvalue weighted by Gasteiger charge is -2.31. The van der Waals surface area contributed by atoms with Crippen LogP contribution in [-0.2, 0) is 20.9 Å². The van der Waals surface area contributed by atoms with Gasteiger partial charge in [0.05, 0.1) is 18.2 Å². The fourth-order valence-corrected chi connectivity index (χ4v) is 4.01. The van der Waals surface area contributed by atoms with Crippen LogP contribution in [0.25, 0.3) is 0 Å². The van der Waals surface area contributed by atoms with E-state index in [1.807, 2.05) is 27.7 Å². The second kappa shape index (κ2) is 14.7. The highest BCUT2D eigenvalue weighted by molar-refractivity contribution is 5.94. The average molecular weight is 515 g/mol. The van der Waals surface area contributed by atoms with Gasteiger partial charge in [0.1, 0.15) is 6.54 Å². The highest BCUT2D eigenvalue weighted by Gasteiger charge is 2.35. The van der Waals surface area contributed by atoms with Gasteiger partial charge in [-0.1, -0.05) is 45.9 Å². The molecule has 0 aliphatic heterocycles. The topological polar surface area (TPSA) is 146 Å². The lowest BCUT2D eigenvalue weighted by atomic mass is 9.82. The van der Waals surface area contributed by atoms with Crippen molar-refractivity contribution in [2.24, 2.45) is 23.7 Å². The number of nitrogens with one attached hydrogen (secondary N) is 3. The van der Waals surface area contributed by atoms with E-state index in [9.17, 15) is 24.4 Å². The van der Waals surface area contributed by atoms with E-state index < -0.39 is 23.7 Å². The molecule has 0 radical (unpaired) electrons. The van der Waals surface area contributed by atoms with Gasteiger partial charge in [-0.2, -0.15) is 0 Å². The summed E-state index contributed by atoms with van der Waals surface area (Å²) in [6.45, 7) is 8.07. The zero-order chi connectivity index (χ0) is 27.4. The fraction of sp³-hybridized carbons (Fsp3) is 0.500. The number of nitrogens with zero attached hydrogens (tertiary/aromatic N) is 3. The highest BCUT2D eigenvalue weighted by Crippen LogP contribution is 2.25. The zero-order valence-electron chi connectivity index (χ0n) is 21.9. The summed E-state index contributed by atoms with van der Waals surface area (Å²) >= 11 is 0. The number of aromatic nitrogens is 2. The smallest absolute Gasteiger partial charge is 0.260 e. The molecule has 0 bridgehead atoms.